The fourth-order valence-corrected chi connectivity index (χ4v) is 2.23. The molecule has 2 aromatic rings. The largest absolute Gasteiger partial charge is 0.362 e. The molecule has 0 aliphatic rings. The summed E-state index contributed by atoms with van der Waals surface area (Å²) in [7, 11) is 3.96. The number of rotatable bonds is 1. The molecule has 0 spiro atoms. The van der Waals surface area contributed by atoms with Gasteiger partial charge in [-0.15, -0.1) is 0 Å². The molecule has 1 aromatic carbocycles. The summed E-state index contributed by atoms with van der Waals surface area (Å²) in [6.07, 6.45) is 0. The lowest BCUT2D eigenvalue weighted by molar-refractivity contribution is 1.04. The van der Waals surface area contributed by atoms with E-state index in [2.05, 4.69) is 66.7 Å². The van der Waals surface area contributed by atoms with E-state index in [1.54, 1.807) is 0 Å². The highest BCUT2D eigenvalue weighted by Crippen LogP contribution is 2.25. The summed E-state index contributed by atoms with van der Waals surface area (Å²) in [5, 5.41) is 1.07. The van der Waals surface area contributed by atoms with E-state index in [0.29, 0.717) is 4.73 Å². The molecule has 0 N–H and O–H groups in total. The number of halogens is 2. The molecule has 0 fully saturated rings. The first-order valence-corrected chi connectivity index (χ1v) is 6.25. The molecule has 0 radical (unpaired) electrons. The zero-order chi connectivity index (χ0) is 11.0. The van der Waals surface area contributed by atoms with E-state index in [-0.39, 0.29) is 0 Å². The van der Waals surface area contributed by atoms with Gasteiger partial charge in [-0.2, -0.15) is 0 Å². The molecule has 1 aromatic heterocycles. The van der Waals surface area contributed by atoms with Gasteiger partial charge in [0.2, 0.25) is 0 Å². The lowest BCUT2D eigenvalue weighted by Crippen LogP contribution is -2.11. The molecule has 0 aliphatic heterocycles. The first kappa shape index (κ1) is 11.1. The highest BCUT2D eigenvalue weighted by atomic mass is 127. The van der Waals surface area contributed by atoms with Crippen LogP contribution in [-0.4, -0.2) is 24.1 Å². The molecule has 0 amide bonds. The van der Waals surface area contributed by atoms with Crippen LogP contribution in [0.5, 0.6) is 0 Å². The van der Waals surface area contributed by atoms with Gasteiger partial charge in [0, 0.05) is 23.1 Å². The zero-order valence-corrected chi connectivity index (χ0v) is 12.1. The molecular formula is C10H9BrIN3. The van der Waals surface area contributed by atoms with Gasteiger partial charge in [0.1, 0.15) is 5.82 Å². The molecule has 15 heavy (non-hydrogen) atoms. The van der Waals surface area contributed by atoms with E-state index in [1.165, 1.54) is 3.57 Å². The van der Waals surface area contributed by atoms with Crippen molar-refractivity contribution in [3.63, 3.8) is 0 Å². The maximum atomic E-state index is 4.36. The number of hydrogen-bond donors (Lipinski definition) is 0. The minimum absolute atomic E-state index is 0.626. The predicted molar refractivity (Wildman–Crippen MR) is 74.3 cm³/mol. The summed E-state index contributed by atoms with van der Waals surface area (Å²) in [5.41, 5.74) is 0.965. The molecule has 0 aliphatic carbocycles. The predicted octanol–water partition coefficient (Wildman–Crippen LogP) is 3.06. The zero-order valence-electron chi connectivity index (χ0n) is 8.33. The van der Waals surface area contributed by atoms with Gasteiger partial charge in [0.15, 0.2) is 4.73 Å². The van der Waals surface area contributed by atoms with E-state index >= 15 is 0 Å². The first-order valence-electron chi connectivity index (χ1n) is 4.38. The molecular weight excluding hydrogens is 369 g/mol. The van der Waals surface area contributed by atoms with Crippen LogP contribution in [-0.2, 0) is 0 Å². The summed E-state index contributed by atoms with van der Waals surface area (Å²) >= 11 is 5.60. The highest BCUT2D eigenvalue weighted by Gasteiger charge is 2.07. The van der Waals surface area contributed by atoms with Gasteiger partial charge in [-0.1, -0.05) is 0 Å². The second-order valence-corrected chi connectivity index (χ2v) is 5.33. The van der Waals surface area contributed by atoms with Crippen LogP contribution >= 0.6 is 38.5 Å². The number of fused-ring (bicyclic) bond motifs is 1. The topological polar surface area (TPSA) is 29.0 Å². The third-order valence-electron chi connectivity index (χ3n) is 2.04. The number of nitrogens with zero attached hydrogens (tertiary/aromatic N) is 3. The van der Waals surface area contributed by atoms with Gasteiger partial charge in [-0.05, 0) is 56.7 Å². The van der Waals surface area contributed by atoms with Crippen LogP contribution in [0.3, 0.4) is 0 Å². The molecule has 0 unspecified atom stereocenters. The van der Waals surface area contributed by atoms with E-state index in [0.717, 1.165) is 16.7 Å². The molecule has 0 saturated heterocycles. The Hall–Kier alpha value is -0.430. The van der Waals surface area contributed by atoms with Crippen molar-refractivity contribution in [2.75, 3.05) is 19.0 Å². The number of aromatic nitrogens is 2. The van der Waals surface area contributed by atoms with Crippen LogP contribution in [0.1, 0.15) is 0 Å². The van der Waals surface area contributed by atoms with Crippen LogP contribution in [0.4, 0.5) is 5.82 Å². The fraction of sp³-hybridized carbons (Fsp3) is 0.200. The van der Waals surface area contributed by atoms with Crippen LogP contribution in [0.25, 0.3) is 10.9 Å². The van der Waals surface area contributed by atoms with Crippen molar-refractivity contribution in [2.24, 2.45) is 0 Å². The SMILES string of the molecule is CN(C)c1nc(Br)nc2cc(I)ccc12. The smallest absolute Gasteiger partial charge is 0.199 e. The monoisotopic (exact) mass is 377 g/mol. The van der Waals surface area contributed by atoms with Crippen LogP contribution in [0, 0.1) is 3.57 Å². The van der Waals surface area contributed by atoms with Crippen LogP contribution < -0.4 is 4.90 Å². The van der Waals surface area contributed by atoms with Crippen molar-refractivity contribution in [1.29, 1.82) is 0 Å². The summed E-state index contributed by atoms with van der Waals surface area (Å²) in [5.74, 6) is 0.934. The number of hydrogen-bond acceptors (Lipinski definition) is 3. The van der Waals surface area contributed by atoms with Crippen LogP contribution in [0.15, 0.2) is 22.9 Å². The third-order valence-corrected chi connectivity index (χ3v) is 3.06. The maximum absolute atomic E-state index is 4.36. The molecule has 5 heteroatoms. The summed E-state index contributed by atoms with van der Waals surface area (Å²) in [6, 6.07) is 6.17. The molecule has 0 atom stereocenters. The van der Waals surface area contributed by atoms with Crippen LogP contribution in [0.2, 0.25) is 0 Å². The van der Waals surface area contributed by atoms with Crippen molar-refractivity contribution in [3.05, 3.63) is 26.5 Å². The Morgan fingerprint density at radius 3 is 2.67 bits per heavy atom. The van der Waals surface area contributed by atoms with Gasteiger partial charge in [-0.3, -0.25) is 0 Å². The standard InChI is InChI=1S/C10H9BrIN3/c1-15(2)9-7-4-3-6(12)5-8(7)13-10(11)14-9/h3-5H,1-2H3. The van der Waals surface area contributed by atoms with Gasteiger partial charge < -0.3 is 4.90 Å². The van der Waals surface area contributed by atoms with Crippen molar-refractivity contribution in [3.8, 4) is 0 Å². The lowest BCUT2D eigenvalue weighted by Gasteiger charge is -2.14. The van der Waals surface area contributed by atoms with E-state index in [1.807, 2.05) is 19.0 Å². The number of anilines is 1. The third kappa shape index (κ3) is 2.23. The average molecular weight is 378 g/mol. The highest BCUT2D eigenvalue weighted by molar-refractivity contribution is 14.1. The van der Waals surface area contributed by atoms with Gasteiger partial charge in [0.05, 0.1) is 5.52 Å². The van der Waals surface area contributed by atoms with E-state index in [4.69, 9.17) is 0 Å². The molecule has 1 heterocycles. The van der Waals surface area contributed by atoms with Crippen molar-refractivity contribution < 1.29 is 0 Å². The normalized spacial score (nSPS) is 10.7. The summed E-state index contributed by atoms with van der Waals surface area (Å²) in [6.45, 7) is 0. The maximum Gasteiger partial charge on any atom is 0.199 e. The molecule has 0 bridgehead atoms. The van der Waals surface area contributed by atoms with E-state index < -0.39 is 0 Å². The Kier molecular flexibility index (Phi) is 3.11. The Morgan fingerprint density at radius 1 is 1.27 bits per heavy atom. The molecule has 3 nitrogen and oxygen atoms in total. The van der Waals surface area contributed by atoms with Crippen molar-refractivity contribution in [1.82, 2.24) is 9.97 Å². The quantitative estimate of drug-likeness (QED) is 0.565. The van der Waals surface area contributed by atoms with Crippen molar-refractivity contribution in [2.45, 2.75) is 0 Å². The average Bonchev–Trinajstić information content (AvgIpc) is 2.15. The second-order valence-electron chi connectivity index (χ2n) is 3.37. The van der Waals surface area contributed by atoms with Gasteiger partial charge >= 0.3 is 0 Å². The minimum Gasteiger partial charge on any atom is -0.362 e. The van der Waals surface area contributed by atoms with Gasteiger partial charge in [-0.25, -0.2) is 9.97 Å². The second kappa shape index (κ2) is 4.21. The Bertz CT molecular complexity index is 508. The molecule has 78 valence electrons. The molecule has 0 saturated carbocycles. The summed E-state index contributed by atoms with van der Waals surface area (Å²) < 4.78 is 1.80. The fourth-order valence-electron chi connectivity index (χ4n) is 1.40. The van der Waals surface area contributed by atoms with Crippen molar-refractivity contribution >= 4 is 55.2 Å². The Morgan fingerprint density at radius 2 is 2.00 bits per heavy atom. The lowest BCUT2D eigenvalue weighted by atomic mass is 10.2. The summed E-state index contributed by atoms with van der Waals surface area (Å²) in [4.78, 5) is 10.7. The van der Waals surface area contributed by atoms with E-state index in [9.17, 15) is 0 Å². The van der Waals surface area contributed by atoms with Gasteiger partial charge in [0.25, 0.3) is 0 Å². The Balaban J connectivity index is 2.80. The number of benzene rings is 1. The first-order chi connectivity index (χ1) is 7.08. The molecule has 2 rings (SSSR count). The Labute approximate surface area is 110 Å². The minimum atomic E-state index is 0.626.